The molecule has 8 nitrogen and oxygen atoms in total. The van der Waals surface area contributed by atoms with Crippen LogP contribution in [-0.4, -0.2) is 52.1 Å². The topological polar surface area (TPSA) is 125 Å². The third-order valence-electron chi connectivity index (χ3n) is 1.77. The highest BCUT2D eigenvalue weighted by Crippen LogP contribution is 1.98. The van der Waals surface area contributed by atoms with E-state index in [1.165, 1.54) is 0 Å². The zero-order chi connectivity index (χ0) is 13.5. The molecule has 0 aliphatic rings. The van der Waals surface area contributed by atoms with E-state index in [2.05, 4.69) is 15.4 Å². The number of methoxy groups -OCH3 is 1. The molecule has 0 aliphatic carbocycles. The summed E-state index contributed by atoms with van der Waals surface area (Å²) in [5, 5.41) is 11.0. The molecule has 0 heterocycles. The van der Waals surface area contributed by atoms with E-state index in [0.717, 1.165) is 13.4 Å². The van der Waals surface area contributed by atoms with Crippen molar-refractivity contribution in [2.24, 2.45) is 0 Å². The number of nitrogens with one attached hydrogen (secondary N) is 2. The average Bonchev–Trinajstić information content (AvgIpc) is 2.24. The molecule has 0 aromatic heterocycles. The van der Waals surface area contributed by atoms with Crippen molar-refractivity contribution in [1.29, 1.82) is 5.26 Å². The summed E-state index contributed by atoms with van der Waals surface area (Å²) in [5.74, 6) is -0.842. The highest BCUT2D eigenvalue weighted by atomic mass is 32.2. The summed E-state index contributed by atoms with van der Waals surface area (Å²) in [7, 11) is -2.58. The second-order valence-corrected chi connectivity index (χ2v) is 5.29. The molecule has 9 heteroatoms. The maximum Gasteiger partial charge on any atom is 0.406 e. The van der Waals surface area contributed by atoms with Crippen molar-refractivity contribution in [1.82, 2.24) is 10.6 Å². The number of rotatable bonds is 5. The van der Waals surface area contributed by atoms with Crippen LogP contribution in [0.5, 0.6) is 0 Å². The molecule has 0 fully saturated rings. The van der Waals surface area contributed by atoms with Crippen molar-refractivity contribution in [2.75, 3.05) is 26.5 Å². The first-order valence-corrected chi connectivity index (χ1v) is 6.43. The van der Waals surface area contributed by atoms with Gasteiger partial charge in [0, 0.05) is 12.8 Å². The lowest BCUT2D eigenvalue weighted by molar-refractivity contribution is -0.120. The molecule has 1 unspecified atom stereocenters. The smallest absolute Gasteiger partial charge is 0.406 e. The number of hydrogen-bond donors (Lipinski definition) is 2. The normalized spacial score (nSPS) is 12.1. The SMILES string of the molecule is COC(=O)NCC(C(=O)NCC#N)S(C)(=O)=O. The number of nitrogens with zero attached hydrogens (tertiary/aromatic N) is 1. The second-order valence-electron chi connectivity index (χ2n) is 3.07. The van der Waals surface area contributed by atoms with Crippen molar-refractivity contribution in [3.8, 4) is 6.07 Å². The largest absolute Gasteiger partial charge is 0.453 e. The Morgan fingerprint density at radius 1 is 1.41 bits per heavy atom. The Balaban J connectivity index is 4.63. The second kappa shape index (κ2) is 6.70. The molecular formula is C8H13N3O5S. The van der Waals surface area contributed by atoms with Crippen LogP contribution in [0.3, 0.4) is 0 Å². The Kier molecular flexibility index (Phi) is 5.98. The summed E-state index contributed by atoms with van der Waals surface area (Å²) >= 11 is 0. The number of nitriles is 1. The number of alkyl carbamates (subject to hydrolysis) is 1. The Hall–Kier alpha value is -1.82. The van der Waals surface area contributed by atoms with Crippen LogP contribution in [0.2, 0.25) is 0 Å². The first-order chi connectivity index (χ1) is 7.82. The van der Waals surface area contributed by atoms with Crippen molar-refractivity contribution >= 4 is 21.8 Å². The van der Waals surface area contributed by atoms with Gasteiger partial charge in [-0.1, -0.05) is 0 Å². The highest BCUT2D eigenvalue weighted by Gasteiger charge is 2.29. The third-order valence-corrected chi connectivity index (χ3v) is 3.18. The molecular weight excluding hydrogens is 250 g/mol. The van der Waals surface area contributed by atoms with Gasteiger partial charge in [0.2, 0.25) is 5.91 Å². The van der Waals surface area contributed by atoms with E-state index in [9.17, 15) is 18.0 Å². The van der Waals surface area contributed by atoms with Crippen molar-refractivity contribution in [3.05, 3.63) is 0 Å². The summed E-state index contributed by atoms with van der Waals surface area (Å²) < 4.78 is 26.8. The third kappa shape index (κ3) is 5.72. The minimum Gasteiger partial charge on any atom is -0.453 e. The van der Waals surface area contributed by atoms with Crippen molar-refractivity contribution in [3.63, 3.8) is 0 Å². The quantitative estimate of drug-likeness (QED) is 0.575. The van der Waals surface area contributed by atoms with Gasteiger partial charge in [0.1, 0.15) is 6.54 Å². The van der Waals surface area contributed by atoms with Gasteiger partial charge in [-0.3, -0.25) is 4.79 Å². The molecule has 0 saturated carbocycles. The number of carbonyl (C=O) groups is 2. The van der Waals surface area contributed by atoms with Crippen molar-refractivity contribution < 1.29 is 22.7 Å². The number of ether oxygens (including phenoxy) is 1. The van der Waals surface area contributed by atoms with E-state index in [1.807, 2.05) is 0 Å². The van der Waals surface area contributed by atoms with E-state index < -0.39 is 33.6 Å². The summed E-state index contributed by atoms with van der Waals surface area (Å²) in [4.78, 5) is 22.2. The molecule has 0 saturated heterocycles. The van der Waals surface area contributed by atoms with Crippen LogP contribution in [0.25, 0.3) is 0 Å². The van der Waals surface area contributed by atoms with E-state index in [4.69, 9.17) is 5.26 Å². The minimum atomic E-state index is -3.69. The Morgan fingerprint density at radius 3 is 2.41 bits per heavy atom. The zero-order valence-corrected chi connectivity index (χ0v) is 10.2. The highest BCUT2D eigenvalue weighted by molar-refractivity contribution is 7.92. The fraction of sp³-hybridized carbons (Fsp3) is 0.625. The molecule has 0 spiro atoms. The van der Waals surface area contributed by atoms with Gasteiger partial charge in [-0.15, -0.1) is 0 Å². The number of carbonyl (C=O) groups excluding carboxylic acids is 2. The van der Waals surface area contributed by atoms with E-state index in [0.29, 0.717) is 0 Å². The van der Waals surface area contributed by atoms with Crippen LogP contribution < -0.4 is 10.6 Å². The monoisotopic (exact) mass is 263 g/mol. The lowest BCUT2D eigenvalue weighted by atomic mass is 10.4. The van der Waals surface area contributed by atoms with Gasteiger partial charge >= 0.3 is 6.09 Å². The summed E-state index contributed by atoms with van der Waals surface area (Å²) in [6, 6.07) is 1.64. The molecule has 0 radical (unpaired) electrons. The van der Waals surface area contributed by atoms with Crippen LogP contribution in [0.4, 0.5) is 4.79 Å². The van der Waals surface area contributed by atoms with Gasteiger partial charge in [-0.05, 0) is 0 Å². The van der Waals surface area contributed by atoms with Crippen LogP contribution in [0.1, 0.15) is 0 Å². The van der Waals surface area contributed by atoms with Gasteiger partial charge in [0.05, 0.1) is 13.2 Å². The number of amides is 2. The van der Waals surface area contributed by atoms with Gasteiger partial charge in [0.15, 0.2) is 15.1 Å². The molecule has 2 amide bonds. The fourth-order valence-corrected chi connectivity index (χ4v) is 1.79. The van der Waals surface area contributed by atoms with Gasteiger partial charge in [-0.2, -0.15) is 5.26 Å². The molecule has 0 aromatic carbocycles. The predicted molar refractivity (Wildman–Crippen MR) is 57.7 cm³/mol. The van der Waals surface area contributed by atoms with Crippen LogP contribution in [0.15, 0.2) is 0 Å². The summed E-state index contributed by atoms with van der Waals surface area (Å²) in [6.45, 7) is -0.716. The lowest BCUT2D eigenvalue weighted by Crippen LogP contribution is -2.46. The molecule has 0 aromatic rings. The minimum absolute atomic E-state index is 0.303. The van der Waals surface area contributed by atoms with E-state index in [1.54, 1.807) is 6.07 Å². The van der Waals surface area contributed by atoms with E-state index in [-0.39, 0.29) is 6.54 Å². The molecule has 17 heavy (non-hydrogen) atoms. The number of hydrogen-bond acceptors (Lipinski definition) is 6. The maximum absolute atomic E-state index is 11.4. The standard InChI is InChI=1S/C8H13N3O5S/c1-16-8(13)11-5-6(17(2,14)15)7(12)10-4-3-9/h6H,4-5H2,1-2H3,(H,10,12)(H,11,13). The fourth-order valence-electron chi connectivity index (χ4n) is 0.927. The Morgan fingerprint density at radius 2 is 2.00 bits per heavy atom. The molecule has 1 atom stereocenters. The molecule has 0 bridgehead atoms. The summed E-state index contributed by atoms with van der Waals surface area (Å²) in [5.41, 5.74) is 0. The van der Waals surface area contributed by atoms with Gasteiger partial charge in [0.25, 0.3) is 0 Å². The molecule has 0 rings (SSSR count). The van der Waals surface area contributed by atoms with Crippen LogP contribution in [0, 0.1) is 11.3 Å². The zero-order valence-electron chi connectivity index (χ0n) is 9.39. The molecule has 96 valence electrons. The average molecular weight is 263 g/mol. The van der Waals surface area contributed by atoms with Gasteiger partial charge in [-0.25, -0.2) is 13.2 Å². The first kappa shape index (κ1) is 15.2. The Labute approximate surface area is 98.8 Å². The van der Waals surface area contributed by atoms with Crippen LogP contribution >= 0.6 is 0 Å². The van der Waals surface area contributed by atoms with Crippen molar-refractivity contribution in [2.45, 2.75) is 5.25 Å². The molecule has 0 aliphatic heterocycles. The maximum atomic E-state index is 11.4. The Bertz CT molecular complexity index is 425. The van der Waals surface area contributed by atoms with Crippen LogP contribution in [-0.2, 0) is 19.4 Å². The predicted octanol–water partition coefficient (Wildman–Crippen LogP) is -1.60. The van der Waals surface area contributed by atoms with Gasteiger partial charge < -0.3 is 15.4 Å². The lowest BCUT2D eigenvalue weighted by Gasteiger charge is -2.14. The van der Waals surface area contributed by atoms with E-state index >= 15 is 0 Å². The number of sulfone groups is 1. The molecule has 2 N–H and O–H groups in total. The first-order valence-electron chi connectivity index (χ1n) is 4.48. The summed E-state index contributed by atoms with van der Waals surface area (Å²) in [6.07, 6.45) is 0.0227.